The van der Waals surface area contributed by atoms with Crippen LogP contribution in [0.3, 0.4) is 0 Å². The van der Waals surface area contributed by atoms with Crippen molar-refractivity contribution in [1.82, 2.24) is 20.5 Å². The van der Waals surface area contributed by atoms with Crippen LogP contribution in [-0.2, 0) is 22.6 Å². The average molecular weight is 714 g/mol. The minimum absolute atomic E-state index is 0.00769. The maximum atomic E-state index is 12.7. The van der Waals surface area contributed by atoms with Crippen LogP contribution < -0.4 is 15.4 Å². The molecule has 10 nitrogen and oxygen atoms in total. The number of nitrogens with zero attached hydrogens (tertiary/aromatic N) is 2. The smallest absolute Gasteiger partial charge is 0.319 e. The first-order valence-electron chi connectivity index (χ1n) is 17.1. The molecule has 4 atom stereocenters. The molecule has 2 heterocycles. The zero-order valence-electron chi connectivity index (χ0n) is 28.5. The Morgan fingerprint density at radius 2 is 1.58 bits per heavy atom. The topological polar surface area (TPSA) is 131 Å². The number of H-pyrrole nitrogens is 1. The fourth-order valence-electron chi connectivity index (χ4n) is 6.02. The summed E-state index contributed by atoms with van der Waals surface area (Å²) >= 11 is 1.57. The standard InChI is InChI=1S/C41H39N5O5S/c1-27-37(25-52-41-43-26-44-46-41)50-39(51-38(27)31-12-10-28(24-47)11-13-31)32-16-14-30(15-17-32)33-7-5-6-29(22-33)23-42-40(48)45-34-18-20-36(21-19-34)49-35-8-3-2-4-9-35/h2-22,26-27,37-39,47H,23-25H2,1H3,(H2,42,45,48)(H,43,44,46)/t27-,37+,38+,39+/m0/s1. The van der Waals surface area contributed by atoms with E-state index in [0.29, 0.717) is 23.7 Å². The van der Waals surface area contributed by atoms with Gasteiger partial charge < -0.3 is 30.0 Å². The molecule has 0 unspecified atom stereocenters. The molecule has 0 aliphatic carbocycles. The van der Waals surface area contributed by atoms with Gasteiger partial charge in [0.15, 0.2) is 11.4 Å². The number of urea groups is 1. The van der Waals surface area contributed by atoms with Crippen LogP contribution in [0, 0.1) is 5.92 Å². The van der Waals surface area contributed by atoms with Crippen molar-refractivity contribution in [3.05, 3.63) is 156 Å². The number of aromatic nitrogens is 3. The highest BCUT2D eigenvalue weighted by Crippen LogP contribution is 2.43. The van der Waals surface area contributed by atoms with E-state index in [2.05, 4.69) is 57.0 Å². The maximum Gasteiger partial charge on any atom is 0.319 e. The Morgan fingerprint density at radius 3 is 2.31 bits per heavy atom. The van der Waals surface area contributed by atoms with Gasteiger partial charge in [0.25, 0.3) is 0 Å². The molecule has 4 N–H and O–H groups in total. The summed E-state index contributed by atoms with van der Waals surface area (Å²) in [7, 11) is 0. The third-order valence-electron chi connectivity index (χ3n) is 8.89. The van der Waals surface area contributed by atoms with Gasteiger partial charge in [0, 0.05) is 29.5 Å². The van der Waals surface area contributed by atoms with Crippen molar-refractivity contribution in [3.63, 3.8) is 0 Å². The van der Waals surface area contributed by atoms with Gasteiger partial charge in [0.2, 0.25) is 0 Å². The number of anilines is 1. The largest absolute Gasteiger partial charge is 0.457 e. The van der Waals surface area contributed by atoms with Crippen LogP contribution in [0.4, 0.5) is 10.5 Å². The SMILES string of the molecule is C[C@H]1[C@@H](CSc2ncn[nH]2)O[C@@H](c2ccc(-c3cccc(CNC(=O)Nc4ccc(Oc5ccccc5)cc4)c3)cc2)O[C@H]1c1ccc(CO)cc1. The van der Waals surface area contributed by atoms with Gasteiger partial charge in [-0.2, -0.15) is 5.10 Å². The molecule has 0 radical (unpaired) electrons. The Bertz CT molecular complexity index is 2030. The van der Waals surface area contributed by atoms with E-state index in [1.165, 1.54) is 6.33 Å². The van der Waals surface area contributed by atoms with E-state index >= 15 is 0 Å². The molecule has 2 amide bonds. The highest BCUT2D eigenvalue weighted by molar-refractivity contribution is 7.99. The first-order chi connectivity index (χ1) is 25.5. The van der Waals surface area contributed by atoms with Gasteiger partial charge in [-0.15, -0.1) is 0 Å². The summed E-state index contributed by atoms with van der Waals surface area (Å²) in [6, 6.07) is 40.7. The summed E-state index contributed by atoms with van der Waals surface area (Å²) in [4.78, 5) is 16.9. The molecule has 1 aliphatic heterocycles. The molecule has 6 aromatic rings. The molecular formula is C41H39N5O5S. The number of carbonyl (C=O) groups is 1. The number of aliphatic hydroxyl groups is 1. The summed E-state index contributed by atoms with van der Waals surface area (Å²) in [5.41, 5.74) is 6.50. The van der Waals surface area contributed by atoms with Crippen molar-refractivity contribution in [2.24, 2.45) is 5.92 Å². The zero-order valence-corrected chi connectivity index (χ0v) is 29.3. The first-order valence-corrected chi connectivity index (χ1v) is 18.0. The number of aliphatic hydroxyl groups excluding tert-OH is 1. The Hall–Kier alpha value is -5.46. The van der Waals surface area contributed by atoms with Crippen LogP contribution >= 0.6 is 11.8 Å². The van der Waals surface area contributed by atoms with E-state index < -0.39 is 6.29 Å². The number of hydrogen-bond acceptors (Lipinski definition) is 8. The quantitative estimate of drug-likeness (QED) is 0.0928. The van der Waals surface area contributed by atoms with Gasteiger partial charge >= 0.3 is 6.03 Å². The number of carbonyl (C=O) groups excluding carboxylic acids is 1. The lowest BCUT2D eigenvalue weighted by molar-refractivity contribution is -0.268. The van der Waals surface area contributed by atoms with Gasteiger partial charge in [-0.3, -0.25) is 5.10 Å². The molecule has 52 heavy (non-hydrogen) atoms. The molecule has 7 rings (SSSR count). The number of amides is 2. The second-order valence-corrected chi connectivity index (χ2v) is 13.5. The lowest BCUT2D eigenvalue weighted by Gasteiger charge is -2.41. The predicted molar refractivity (Wildman–Crippen MR) is 201 cm³/mol. The highest BCUT2D eigenvalue weighted by atomic mass is 32.2. The van der Waals surface area contributed by atoms with E-state index in [0.717, 1.165) is 44.3 Å². The molecule has 1 saturated heterocycles. The second kappa shape index (κ2) is 16.7. The number of nitrogens with one attached hydrogen (secondary N) is 3. The number of thioether (sulfide) groups is 1. The molecular weight excluding hydrogens is 675 g/mol. The Balaban J connectivity index is 0.979. The average Bonchev–Trinajstić information content (AvgIpc) is 3.72. The number of benzene rings is 5. The maximum absolute atomic E-state index is 12.7. The van der Waals surface area contributed by atoms with Crippen molar-refractivity contribution in [3.8, 4) is 22.6 Å². The van der Waals surface area contributed by atoms with Crippen LogP contribution in [-0.4, -0.2) is 38.2 Å². The van der Waals surface area contributed by atoms with Gasteiger partial charge in [-0.1, -0.05) is 104 Å². The predicted octanol–water partition coefficient (Wildman–Crippen LogP) is 8.66. The first kappa shape index (κ1) is 35.0. The summed E-state index contributed by atoms with van der Waals surface area (Å²) in [6.45, 7) is 2.50. The fraction of sp³-hybridized carbons (Fsp3) is 0.195. The Kier molecular flexibility index (Phi) is 11.2. The van der Waals surface area contributed by atoms with Gasteiger partial charge in [-0.05, 0) is 70.3 Å². The normalized spacial score (nSPS) is 18.4. The molecule has 0 saturated carbocycles. The monoisotopic (exact) mass is 713 g/mol. The Morgan fingerprint density at radius 1 is 0.827 bits per heavy atom. The summed E-state index contributed by atoms with van der Waals surface area (Å²) < 4.78 is 19.0. The minimum Gasteiger partial charge on any atom is -0.457 e. The van der Waals surface area contributed by atoms with Crippen LogP contribution in [0.1, 0.15) is 41.6 Å². The summed E-state index contributed by atoms with van der Waals surface area (Å²) in [5, 5.41) is 23.0. The van der Waals surface area contributed by atoms with E-state index in [1.54, 1.807) is 23.9 Å². The van der Waals surface area contributed by atoms with Crippen LogP contribution in [0.5, 0.6) is 11.5 Å². The molecule has 1 aliphatic rings. The van der Waals surface area contributed by atoms with E-state index in [1.807, 2.05) is 91.0 Å². The van der Waals surface area contributed by atoms with E-state index in [-0.39, 0.29) is 30.8 Å². The number of rotatable bonds is 12. The van der Waals surface area contributed by atoms with Crippen LogP contribution in [0.15, 0.2) is 139 Å². The van der Waals surface area contributed by atoms with Crippen molar-refractivity contribution < 1.29 is 24.1 Å². The zero-order chi connectivity index (χ0) is 35.7. The van der Waals surface area contributed by atoms with Gasteiger partial charge in [0.05, 0.1) is 18.8 Å². The second-order valence-electron chi connectivity index (χ2n) is 12.5. The molecule has 264 valence electrons. The number of para-hydroxylation sites is 1. The van der Waals surface area contributed by atoms with Gasteiger partial charge in [0.1, 0.15) is 17.8 Å². The highest BCUT2D eigenvalue weighted by Gasteiger charge is 2.38. The lowest BCUT2D eigenvalue weighted by atomic mass is 9.91. The van der Waals surface area contributed by atoms with Crippen molar-refractivity contribution in [2.45, 2.75) is 43.7 Å². The molecule has 0 bridgehead atoms. The molecule has 1 fully saturated rings. The fourth-order valence-corrected chi connectivity index (χ4v) is 6.96. The summed E-state index contributed by atoms with van der Waals surface area (Å²) in [5.74, 6) is 2.17. The van der Waals surface area contributed by atoms with Gasteiger partial charge in [-0.25, -0.2) is 9.78 Å². The number of aromatic amines is 1. The van der Waals surface area contributed by atoms with E-state index in [4.69, 9.17) is 14.2 Å². The minimum atomic E-state index is -0.574. The molecule has 0 spiro atoms. The molecule has 1 aromatic heterocycles. The number of ether oxygens (including phenoxy) is 3. The number of hydrogen-bond donors (Lipinski definition) is 4. The Labute approximate surface area is 306 Å². The molecule has 11 heteroatoms. The third kappa shape index (κ3) is 8.87. The summed E-state index contributed by atoms with van der Waals surface area (Å²) in [6.07, 6.45) is 0.598. The van der Waals surface area contributed by atoms with E-state index in [9.17, 15) is 9.90 Å². The third-order valence-corrected chi connectivity index (χ3v) is 9.85. The van der Waals surface area contributed by atoms with Crippen LogP contribution in [0.25, 0.3) is 11.1 Å². The van der Waals surface area contributed by atoms with Crippen molar-refractivity contribution in [2.75, 3.05) is 11.1 Å². The molecule has 5 aromatic carbocycles. The lowest BCUT2D eigenvalue weighted by Crippen LogP contribution is -2.38. The van der Waals surface area contributed by atoms with Crippen molar-refractivity contribution in [1.29, 1.82) is 0 Å². The van der Waals surface area contributed by atoms with Crippen LogP contribution in [0.2, 0.25) is 0 Å². The van der Waals surface area contributed by atoms with Crippen molar-refractivity contribution >= 4 is 23.5 Å².